The van der Waals surface area contributed by atoms with Crippen molar-refractivity contribution in [2.24, 2.45) is 0 Å². The van der Waals surface area contributed by atoms with Gasteiger partial charge in [-0.3, -0.25) is 14.4 Å². The lowest BCUT2D eigenvalue weighted by atomic mass is 9.98. The Hall–Kier alpha value is -4.88. The Labute approximate surface area is 516 Å². The summed E-state index contributed by atoms with van der Waals surface area (Å²) in [4.78, 5) is 51.4. The molecule has 6 atom stereocenters. The molecule has 6 unspecified atom stereocenters. The van der Waals surface area contributed by atoms with Crippen LogP contribution in [0, 0.1) is 0 Å². The van der Waals surface area contributed by atoms with Gasteiger partial charge < -0.3 is 39.0 Å². The molecule has 1 aliphatic rings. The second kappa shape index (κ2) is 59.5. The van der Waals surface area contributed by atoms with Crippen molar-refractivity contribution in [3.63, 3.8) is 0 Å². The van der Waals surface area contributed by atoms with Gasteiger partial charge in [-0.25, -0.2) is 4.79 Å². The average molecular weight is 1190 g/mol. The minimum Gasteiger partial charge on any atom is -0.479 e. The highest BCUT2D eigenvalue weighted by molar-refractivity contribution is 5.74. The molecule has 1 fully saturated rings. The van der Waals surface area contributed by atoms with Gasteiger partial charge in [-0.15, -0.1) is 0 Å². The number of hydrogen-bond donors (Lipinski definition) is 3. The first-order chi connectivity index (χ1) is 41.6. The lowest BCUT2D eigenvalue weighted by Crippen LogP contribution is -2.61. The molecule has 0 aromatic carbocycles. The summed E-state index contributed by atoms with van der Waals surface area (Å²) in [5.41, 5.74) is 0. The molecule has 0 amide bonds. The topological polar surface area (TPSA) is 175 Å². The quantitative estimate of drug-likeness (QED) is 0.0228. The van der Waals surface area contributed by atoms with Gasteiger partial charge in [-0.2, -0.15) is 0 Å². The zero-order valence-corrected chi connectivity index (χ0v) is 53.3. The maximum absolute atomic E-state index is 13.2. The Morgan fingerprint density at radius 1 is 0.400 bits per heavy atom. The SMILES string of the molecule is CC/C=C\C/C=C\C/C=C\C/C=C\C/C=C\C/C=C\CCC(=O)OCC(COC1OC(C(=O)O)C(O)C(O)C1OC(=O)CCCCCCCCC/C=C\C/C=C\CCCCC)OC(=O)CCCCCCCCCCC/C=C\C/C=C\CCCCC. The predicted molar refractivity (Wildman–Crippen MR) is 349 cm³/mol. The third-order valence-corrected chi connectivity index (χ3v) is 14.5. The fourth-order valence-electron chi connectivity index (χ4n) is 9.40. The molecule has 0 bridgehead atoms. The summed E-state index contributed by atoms with van der Waals surface area (Å²) in [5, 5.41) is 31.6. The van der Waals surface area contributed by atoms with Crippen molar-refractivity contribution in [1.29, 1.82) is 0 Å². The molecule has 1 aliphatic heterocycles. The fraction of sp³-hybridized carbons (Fsp3) is 0.671. The number of carboxylic acids is 1. The molecular formula is C73H118O12. The molecule has 0 spiro atoms. The van der Waals surface area contributed by atoms with E-state index in [-0.39, 0.29) is 25.9 Å². The standard InChI is InChI=1S/C73H118O12/c1-4-7-10-13-16-19-22-25-28-31-33-36-38-41-44-47-50-53-56-59-65(74)81-62-64(83-66(75)60-57-54-51-48-45-42-40-37-34-32-29-26-23-20-17-14-11-8-5-2)63-82-73-71(69(78)68(77)70(85-73)72(79)80)84-67(76)61-58-55-52-49-46-43-39-35-30-27-24-21-18-15-12-9-6-3/h7,10,16-21,25-30,33,36,41,44,50,53,64,68-71,73,77-78H,4-6,8-9,11-15,22-24,31-32,34-35,37-40,42-43,45-49,51-52,54-63H2,1-3H3,(H,79,80)/b10-7-,19-16-,20-17-,21-18-,28-25-,29-26-,30-27-,36-33-,44-41-,53-50-. The number of hydrogen-bond acceptors (Lipinski definition) is 11. The predicted octanol–water partition coefficient (Wildman–Crippen LogP) is 18.3. The second-order valence-electron chi connectivity index (χ2n) is 22.4. The van der Waals surface area contributed by atoms with E-state index in [1.165, 1.54) is 70.6 Å². The number of carboxylic acid groups (broad SMARTS) is 1. The van der Waals surface area contributed by atoms with Crippen molar-refractivity contribution in [3.05, 3.63) is 122 Å². The molecule has 0 radical (unpaired) electrons. The normalized spacial score (nSPS) is 18.2. The summed E-state index contributed by atoms with van der Waals surface area (Å²) >= 11 is 0. The molecule has 12 heteroatoms. The van der Waals surface area contributed by atoms with Crippen molar-refractivity contribution >= 4 is 23.9 Å². The fourth-order valence-corrected chi connectivity index (χ4v) is 9.40. The van der Waals surface area contributed by atoms with Crippen LogP contribution in [-0.4, -0.2) is 89.2 Å². The molecule has 0 aliphatic carbocycles. The maximum Gasteiger partial charge on any atom is 0.335 e. The van der Waals surface area contributed by atoms with Crippen molar-refractivity contribution in [2.75, 3.05) is 13.2 Å². The molecule has 0 aromatic heterocycles. The second-order valence-corrected chi connectivity index (χ2v) is 22.4. The molecule has 1 heterocycles. The van der Waals surface area contributed by atoms with Crippen LogP contribution in [0.2, 0.25) is 0 Å². The highest BCUT2D eigenvalue weighted by atomic mass is 16.7. The smallest absolute Gasteiger partial charge is 0.335 e. The van der Waals surface area contributed by atoms with Gasteiger partial charge in [0.1, 0.15) is 18.8 Å². The molecule has 12 nitrogen and oxygen atoms in total. The summed E-state index contributed by atoms with van der Waals surface area (Å²) in [6, 6.07) is 0. The zero-order chi connectivity index (χ0) is 61.7. The lowest BCUT2D eigenvalue weighted by Gasteiger charge is -2.40. The first-order valence-corrected chi connectivity index (χ1v) is 33.5. The van der Waals surface area contributed by atoms with Crippen LogP contribution >= 0.6 is 0 Å². The number of aliphatic hydroxyl groups is 2. The largest absolute Gasteiger partial charge is 0.479 e. The van der Waals surface area contributed by atoms with E-state index in [1.807, 2.05) is 12.2 Å². The van der Waals surface area contributed by atoms with Gasteiger partial charge in [0.15, 0.2) is 24.6 Å². The first kappa shape index (κ1) is 78.1. The van der Waals surface area contributed by atoms with Gasteiger partial charge in [0.25, 0.3) is 0 Å². The number of carbonyl (C=O) groups is 4. The average Bonchev–Trinajstić information content (AvgIpc) is 3.46. The van der Waals surface area contributed by atoms with Crippen molar-refractivity contribution in [1.82, 2.24) is 0 Å². The maximum atomic E-state index is 13.2. The van der Waals surface area contributed by atoms with Crippen LogP contribution in [0.5, 0.6) is 0 Å². The molecule has 1 saturated heterocycles. The van der Waals surface area contributed by atoms with Crippen LogP contribution in [0.15, 0.2) is 122 Å². The van der Waals surface area contributed by atoms with E-state index in [4.69, 9.17) is 23.7 Å². The van der Waals surface area contributed by atoms with Crippen LogP contribution in [0.1, 0.15) is 265 Å². The Bertz CT molecular complexity index is 1940. The van der Waals surface area contributed by atoms with Gasteiger partial charge in [-0.05, 0) is 122 Å². The van der Waals surface area contributed by atoms with E-state index in [0.717, 1.165) is 135 Å². The number of allylic oxidation sites excluding steroid dienone is 20. The molecule has 3 N–H and O–H groups in total. The van der Waals surface area contributed by atoms with Crippen molar-refractivity contribution in [2.45, 2.75) is 302 Å². The van der Waals surface area contributed by atoms with E-state index in [9.17, 15) is 34.5 Å². The highest BCUT2D eigenvalue weighted by Gasteiger charge is 2.50. The Morgan fingerprint density at radius 3 is 1.18 bits per heavy atom. The Balaban J connectivity index is 2.71. The number of esters is 3. The lowest BCUT2D eigenvalue weighted by molar-refractivity contribution is -0.301. The number of aliphatic hydroxyl groups excluding tert-OH is 2. The first-order valence-electron chi connectivity index (χ1n) is 33.5. The van der Waals surface area contributed by atoms with Gasteiger partial charge in [0.05, 0.1) is 6.61 Å². The molecule has 482 valence electrons. The molecule has 0 saturated carbocycles. The zero-order valence-electron chi connectivity index (χ0n) is 53.3. The molecular weight excluding hydrogens is 1070 g/mol. The van der Waals surface area contributed by atoms with E-state index in [2.05, 4.69) is 130 Å². The van der Waals surface area contributed by atoms with Gasteiger partial charge in [0.2, 0.25) is 0 Å². The summed E-state index contributed by atoms with van der Waals surface area (Å²) in [6.45, 7) is 5.78. The van der Waals surface area contributed by atoms with E-state index >= 15 is 0 Å². The van der Waals surface area contributed by atoms with Crippen LogP contribution in [0.3, 0.4) is 0 Å². The number of carbonyl (C=O) groups excluding carboxylic acids is 3. The summed E-state index contributed by atoms with van der Waals surface area (Å²) in [7, 11) is 0. The van der Waals surface area contributed by atoms with Crippen LogP contribution in [0.4, 0.5) is 0 Å². The summed E-state index contributed by atoms with van der Waals surface area (Å²) in [5.74, 6) is -3.25. The minimum absolute atomic E-state index is 0.0386. The van der Waals surface area contributed by atoms with Gasteiger partial charge in [0, 0.05) is 19.3 Å². The van der Waals surface area contributed by atoms with Crippen LogP contribution in [-0.2, 0) is 42.9 Å². The van der Waals surface area contributed by atoms with Crippen LogP contribution in [0.25, 0.3) is 0 Å². The third-order valence-electron chi connectivity index (χ3n) is 14.5. The molecule has 1 rings (SSSR count). The van der Waals surface area contributed by atoms with Gasteiger partial charge >= 0.3 is 23.9 Å². The van der Waals surface area contributed by atoms with E-state index in [0.29, 0.717) is 19.3 Å². The Morgan fingerprint density at radius 2 is 0.765 bits per heavy atom. The monoisotopic (exact) mass is 1190 g/mol. The van der Waals surface area contributed by atoms with Gasteiger partial charge in [-0.1, -0.05) is 245 Å². The van der Waals surface area contributed by atoms with E-state index in [1.54, 1.807) is 0 Å². The van der Waals surface area contributed by atoms with Crippen LogP contribution < -0.4 is 0 Å². The number of ether oxygens (including phenoxy) is 5. The number of rotatable bonds is 56. The Kier molecular flexibility index (Phi) is 54.6. The molecule has 0 aromatic rings. The van der Waals surface area contributed by atoms with Crippen molar-refractivity contribution in [3.8, 4) is 0 Å². The highest BCUT2D eigenvalue weighted by Crippen LogP contribution is 2.26. The minimum atomic E-state index is -1.92. The number of aliphatic carboxylic acids is 1. The summed E-state index contributed by atoms with van der Waals surface area (Å²) in [6.07, 6.45) is 70.1. The number of unbranched alkanes of at least 4 members (excludes halogenated alkanes) is 22. The van der Waals surface area contributed by atoms with E-state index < -0.39 is 67.3 Å². The summed E-state index contributed by atoms with van der Waals surface area (Å²) < 4.78 is 28.5. The van der Waals surface area contributed by atoms with Crippen molar-refractivity contribution < 1.29 is 58.2 Å². The third kappa shape index (κ3) is 48.9. The molecule has 85 heavy (non-hydrogen) atoms.